The fraction of sp³-hybridized carbons (Fsp3) is 0.344. The van der Waals surface area contributed by atoms with Gasteiger partial charge in [0, 0.05) is 35.6 Å². The number of tetrazole rings is 1. The maximum Gasteiger partial charge on any atom is 0.267 e. The highest BCUT2D eigenvalue weighted by atomic mass is 32.1. The normalized spacial score (nSPS) is 15.5. The van der Waals surface area contributed by atoms with E-state index >= 15 is 0 Å². The number of methoxy groups -OCH3 is 1. The number of rotatable bonds is 8. The molecule has 1 amide bonds. The topological polar surface area (TPSA) is 153 Å². The Morgan fingerprint density at radius 1 is 1.17 bits per heavy atom. The van der Waals surface area contributed by atoms with Crippen molar-refractivity contribution >= 4 is 46.0 Å². The third-order valence-corrected chi connectivity index (χ3v) is 8.50. The number of hydrogen-bond donors (Lipinski definition) is 2. The second kappa shape index (κ2) is 12.8. The number of carbonyl (C=O) groups excluding carboxylic acids is 1. The molecule has 4 aromatic heterocycles. The number of aliphatic hydroxyl groups is 1. The SMILES string of the molecule is COc1ccc(Cn2nnnc2/C=C/c2c(N3CCC[C@@H](O)C3)nc3cc(C(=O)Nc4nc(C(C)(C)C)cs4)ccn3c2=O)cc1. The van der Waals surface area contributed by atoms with Gasteiger partial charge in [0.05, 0.1) is 31.0 Å². The van der Waals surface area contributed by atoms with Crippen molar-refractivity contribution in [3.05, 3.63) is 86.5 Å². The van der Waals surface area contributed by atoms with Crippen molar-refractivity contribution in [1.29, 1.82) is 0 Å². The second-order valence-electron chi connectivity index (χ2n) is 12.2. The molecular weight excluding hydrogens is 606 g/mol. The largest absolute Gasteiger partial charge is 0.497 e. The van der Waals surface area contributed by atoms with Crippen LogP contribution in [0.2, 0.25) is 0 Å². The minimum atomic E-state index is -0.545. The van der Waals surface area contributed by atoms with Gasteiger partial charge < -0.3 is 14.7 Å². The summed E-state index contributed by atoms with van der Waals surface area (Å²) in [7, 11) is 1.62. The van der Waals surface area contributed by atoms with E-state index in [0.717, 1.165) is 23.4 Å². The molecule has 13 nitrogen and oxygen atoms in total. The molecule has 46 heavy (non-hydrogen) atoms. The molecule has 1 aliphatic heterocycles. The van der Waals surface area contributed by atoms with Gasteiger partial charge in [0.15, 0.2) is 11.0 Å². The molecule has 0 saturated carbocycles. The standard InChI is InChI=1S/C32H35N9O4S/c1-32(2,3)25-19-46-31(33-25)35-29(43)21-13-15-40-27(16-21)34-28(39-14-5-6-22(42)18-39)24(30(40)44)11-12-26-36-37-38-41(26)17-20-7-9-23(45-4)10-8-20/h7-13,15-16,19,22,42H,5-6,14,17-18H2,1-4H3,(H,33,35,43)/b12-11+/t22-/m1/s1. The Labute approximate surface area is 269 Å². The predicted molar refractivity (Wildman–Crippen MR) is 177 cm³/mol. The van der Waals surface area contributed by atoms with Gasteiger partial charge in [-0.2, -0.15) is 0 Å². The van der Waals surface area contributed by atoms with E-state index in [1.54, 1.807) is 42.3 Å². The van der Waals surface area contributed by atoms with Gasteiger partial charge in [-0.05, 0) is 65.2 Å². The molecule has 0 spiro atoms. The zero-order valence-corrected chi connectivity index (χ0v) is 26.9. The van der Waals surface area contributed by atoms with E-state index in [0.29, 0.717) is 59.6 Å². The fourth-order valence-electron chi connectivity index (χ4n) is 5.17. The fourth-order valence-corrected chi connectivity index (χ4v) is 6.10. The summed E-state index contributed by atoms with van der Waals surface area (Å²) in [5.74, 6) is 1.27. The number of thiazole rings is 1. The number of β-amino-alcohol motifs (C(OH)–C–C–N with tert-alkyl or cyclic N) is 1. The summed E-state index contributed by atoms with van der Waals surface area (Å²) in [6.45, 7) is 7.56. The van der Waals surface area contributed by atoms with Gasteiger partial charge in [0.2, 0.25) is 0 Å². The lowest BCUT2D eigenvalue weighted by molar-refractivity contribution is 0.102. The summed E-state index contributed by atoms with van der Waals surface area (Å²) < 4.78 is 8.28. The van der Waals surface area contributed by atoms with Crippen LogP contribution in [0, 0.1) is 0 Å². The molecule has 0 unspecified atom stereocenters. The van der Waals surface area contributed by atoms with Gasteiger partial charge in [-0.1, -0.05) is 32.9 Å². The lowest BCUT2D eigenvalue weighted by Gasteiger charge is -2.32. The number of hydrogen-bond acceptors (Lipinski definition) is 11. The number of carbonyl (C=O) groups is 1. The van der Waals surface area contributed by atoms with Crippen molar-refractivity contribution < 1.29 is 14.6 Å². The lowest BCUT2D eigenvalue weighted by Crippen LogP contribution is -2.40. The van der Waals surface area contributed by atoms with Gasteiger partial charge in [-0.3, -0.25) is 19.3 Å². The summed E-state index contributed by atoms with van der Waals surface area (Å²) in [5, 5.41) is 27.8. The van der Waals surface area contributed by atoms with E-state index in [4.69, 9.17) is 9.72 Å². The number of nitrogens with zero attached hydrogens (tertiary/aromatic N) is 8. The first-order chi connectivity index (χ1) is 22.1. The van der Waals surface area contributed by atoms with Crippen LogP contribution in [-0.2, 0) is 12.0 Å². The smallest absolute Gasteiger partial charge is 0.267 e. The van der Waals surface area contributed by atoms with Crippen molar-refractivity contribution in [2.75, 3.05) is 30.4 Å². The molecule has 238 valence electrons. The highest BCUT2D eigenvalue weighted by Crippen LogP contribution is 2.27. The Hall–Kier alpha value is -4.95. The number of nitrogens with one attached hydrogen (secondary N) is 1. The summed E-state index contributed by atoms with van der Waals surface area (Å²) in [5.41, 5.74) is 2.37. The number of amides is 1. The molecule has 1 atom stereocenters. The van der Waals surface area contributed by atoms with Crippen molar-refractivity contribution in [1.82, 2.24) is 34.6 Å². The molecule has 14 heteroatoms. The molecular formula is C32H35N9O4S. The Balaban J connectivity index is 1.33. The molecule has 5 heterocycles. The number of benzene rings is 1. The molecule has 0 radical (unpaired) electrons. The average molecular weight is 642 g/mol. The molecule has 2 N–H and O–H groups in total. The average Bonchev–Trinajstić information content (AvgIpc) is 3.70. The van der Waals surface area contributed by atoms with E-state index in [1.807, 2.05) is 34.5 Å². The molecule has 1 aromatic carbocycles. The Morgan fingerprint density at radius 3 is 2.70 bits per heavy atom. The first-order valence-corrected chi connectivity index (χ1v) is 15.8. The minimum absolute atomic E-state index is 0.138. The molecule has 1 saturated heterocycles. The van der Waals surface area contributed by atoms with Crippen LogP contribution in [0.1, 0.15) is 66.6 Å². The van der Waals surface area contributed by atoms with Gasteiger partial charge in [-0.15, -0.1) is 16.4 Å². The van der Waals surface area contributed by atoms with E-state index in [2.05, 4.69) is 46.6 Å². The predicted octanol–water partition coefficient (Wildman–Crippen LogP) is 3.88. The third-order valence-electron chi connectivity index (χ3n) is 7.75. The van der Waals surface area contributed by atoms with Crippen molar-refractivity contribution in [2.45, 2.75) is 51.7 Å². The Morgan fingerprint density at radius 2 is 1.98 bits per heavy atom. The highest BCUT2D eigenvalue weighted by Gasteiger charge is 2.24. The van der Waals surface area contributed by atoms with Crippen LogP contribution in [0.25, 0.3) is 17.8 Å². The van der Waals surface area contributed by atoms with E-state index < -0.39 is 6.10 Å². The summed E-state index contributed by atoms with van der Waals surface area (Å²) >= 11 is 1.36. The van der Waals surface area contributed by atoms with Crippen LogP contribution >= 0.6 is 11.3 Å². The van der Waals surface area contributed by atoms with E-state index in [1.165, 1.54) is 15.7 Å². The van der Waals surface area contributed by atoms with Crippen LogP contribution in [0.3, 0.4) is 0 Å². The Bertz CT molecular complexity index is 1960. The number of fused-ring (bicyclic) bond motifs is 1. The maximum atomic E-state index is 13.9. The zero-order chi connectivity index (χ0) is 32.4. The molecule has 6 rings (SSSR count). The van der Waals surface area contributed by atoms with Crippen LogP contribution in [0.15, 0.2) is 52.8 Å². The first kappa shape index (κ1) is 31.0. The minimum Gasteiger partial charge on any atom is -0.497 e. The highest BCUT2D eigenvalue weighted by molar-refractivity contribution is 7.14. The molecule has 0 aliphatic carbocycles. The molecule has 0 bridgehead atoms. The Kier molecular flexibility index (Phi) is 8.65. The quantitative estimate of drug-likeness (QED) is 0.255. The monoisotopic (exact) mass is 641 g/mol. The van der Waals surface area contributed by atoms with Crippen molar-refractivity contribution in [3.63, 3.8) is 0 Å². The van der Waals surface area contributed by atoms with Crippen LogP contribution in [0.5, 0.6) is 5.75 Å². The number of pyridine rings is 1. The van der Waals surface area contributed by atoms with Crippen molar-refractivity contribution in [3.8, 4) is 5.75 Å². The molecule has 5 aromatic rings. The molecule has 1 aliphatic rings. The summed E-state index contributed by atoms with van der Waals surface area (Å²) in [4.78, 5) is 38.4. The molecule has 1 fully saturated rings. The lowest BCUT2D eigenvalue weighted by atomic mass is 9.93. The van der Waals surface area contributed by atoms with E-state index in [-0.39, 0.29) is 16.9 Å². The number of aromatic nitrogens is 7. The number of aliphatic hydroxyl groups excluding tert-OH is 1. The summed E-state index contributed by atoms with van der Waals surface area (Å²) in [6, 6.07) is 10.8. The van der Waals surface area contributed by atoms with Crippen LogP contribution in [0.4, 0.5) is 10.9 Å². The van der Waals surface area contributed by atoms with Gasteiger partial charge in [0.1, 0.15) is 17.2 Å². The van der Waals surface area contributed by atoms with Gasteiger partial charge in [0.25, 0.3) is 11.5 Å². The van der Waals surface area contributed by atoms with Crippen LogP contribution in [-0.4, -0.2) is 71.9 Å². The second-order valence-corrected chi connectivity index (χ2v) is 13.0. The van der Waals surface area contributed by atoms with Gasteiger partial charge in [-0.25, -0.2) is 14.6 Å². The van der Waals surface area contributed by atoms with Crippen molar-refractivity contribution in [2.24, 2.45) is 0 Å². The third kappa shape index (κ3) is 6.67. The summed E-state index contributed by atoms with van der Waals surface area (Å²) in [6.07, 6.45) is 5.76. The number of ether oxygens (including phenoxy) is 1. The number of piperidine rings is 1. The van der Waals surface area contributed by atoms with E-state index in [9.17, 15) is 14.7 Å². The van der Waals surface area contributed by atoms with Gasteiger partial charge >= 0.3 is 0 Å². The zero-order valence-electron chi connectivity index (χ0n) is 26.0. The van der Waals surface area contributed by atoms with Crippen LogP contribution < -0.4 is 20.5 Å². The number of anilines is 2. The maximum absolute atomic E-state index is 13.9. The first-order valence-electron chi connectivity index (χ1n) is 14.9.